The molecule has 25 heavy (non-hydrogen) atoms. The molecule has 0 aromatic heterocycles. The van der Waals surface area contributed by atoms with Crippen molar-refractivity contribution in [2.75, 3.05) is 24.5 Å². The molecular weight excluding hydrogens is 312 g/mol. The number of hydrogen-bond acceptors (Lipinski definition) is 4. The number of hydrogen-bond donors (Lipinski definition) is 3. The fraction of sp³-hybridized carbons (Fsp3) is 0.650. The van der Waals surface area contributed by atoms with E-state index in [1.807, 2.05) is 0 Å². The second-order valence-electron chi connectivity index (χ2n) is 7.70. The standard InChI is InChI=1S/C20H30N4O/c25-20(10-9-18-16-6-2-3-7-17(16)22-23-18)21-12-14-24-13-11-15-5-1-4-8-19(15)24/h1,4-5,8,16-18,22-23H,2-3,6-7,9-14H2,(H,21,25). The van der Waals surface area contributed by atoms with E-state index in [9.17, 15) is 4.79 Å². The summed E-state index contributed by atoms with van der Waals surface area (Å²) in [6.07, 6.45) is 7.93. The van der Waals surface area contributed by atoms with Crippen molar-refractivity contribution in [3.8, 4) is 0 Å². The van der Waals surface area contributed by atoms with Crippen molar-refractivity contribution >= 4 is 11.6 Å². The zero-order valence-corrected chi connectivity index (χ0v) is 15.0. The van der Waals surface area contributed by atoms with Gasteiger partial charge in [-0.2, -0.15) is 0 Å². The topological polar surface area (TPSA) is 56.4 Å². The van der Waals surface area contributed by atoms with Gasteiger partial charge >= 0.3 is 0 Å². The highest BCUT2D eigenvalue weighted by atomic mass is 16.1. The van der Waals surface area contributed by atoms with Crippen molar-refractivity contribution in [1.29, 1.82) is 0 Å². The van der Waals surface area contributed by atoms with Gasteiger partial charge in [0.25, 0.3) is 0 Å². The molecule has 2 fully saturated rings. The zero-order chi connectivity index (χ0) is 17.1. The van der Waals surface area contributed by atoms with Gasteiger partial charge in [-0.25, -0.2) is 0 Å². The molecule has 0 spiro atoms. The number of rotatable bonds is 6. The van der Waals surface area contributed by atoms with Crippen LogP contribution in [0.3, 0.4) is 0 Å². The zero-order valence-electron chi connectivity index (χ0n) is 15.0. The lowest BCUT2D eigenvalue weighted by Gasteiger charge is -2.27. The molecule has 1 amide bonds. The Balaban J connectivity index is 1.17. The van der Waals surface area contributed by atoms with Gasteiger partial charge in [0.15, 0.2) is 0 Å². The van der Waals surface area contributed by atoms with Crippen LogP contribution in [0.4, 0.5) is 5.69 Å². The maximum absolute atomic E-state index is 12.2. The van der Waals surface area contributed by atoms with Crippen LogP contribution in [0.2, 0.25) is 0 Å². The van der Waals surface area contributed by atoms with Gasteiger partial charge in [-0.1, -0.05) is 31.0 Å². The lowest BCUT2D eigenvalue weighted by molar-refractivity contribution is -0.121. The number of carbonyl (C=O) groups excluding carboxylic acids is 1. The van der Waals surface area contributed by atoms with Gasteiger partial charge in [-0.05, 0) is 43.2 Å². The number of para-hydroxylation sites is 1. The minimum absolute atomic E-state index is 0.188. The number of carbonyl (C=O) groups is 1. The highest BCUT2D eigenvalue weighted by Crippen LogP contribution is 2.31. The third-order valence-corrected chi connectivity index (χ3v) is 6.16. The van der Waals surface area contributed by atoms with E-state index in [1.165, 1.54) is 36.9 Å². The van der Waals surface area contributed by atoms with Crippen LogP contribution in [-0.4, -0.2) is 37.6 Å². The average molecular weight is 342 g/mol. The summed E-state index contributed by atoms with van der Waals surface area (Å²) in [4.78, 5) is 14.6. The molecule has 3 unspecified atom stereocenters. The fourth-order valence-electron chi connectivity index (χ4n) is 4.77. The fourth-order valence-corrected chi connectivity index (χ4v) is 4.77. The van der Waals surface area contributed by atoms with Crippen molar-refractivity contribution in [1.82, 2.24) is 16.2 Å². The number of fused-ring (bicyclic) bond motifs is 2. The highest BCUT2D eigenvalue weighted by Gasteiger charge is 2.36. The Morgan fingerprint density at radius 1 is 1.20 bits per heavy atom. The predicted molar refractivity (Wildman–Crippen MR) is 100 cm³/mol. The summed E-state index contributed by atoms with van der Waals surface area (Å²) in [5.41, 5.74) is 9.62. The first-order chi connectivity index (χ1) is 12.3. The van der Waals surface area contributed by atoms with Gasteiger partial charge < -0.3 is 10.2 Å². The van der Waals surface area contributed by atoms with E-state index in [1.54, 1.807) is 0 Å². The third-order valence-electron chi connectivity index (χ3n) is 6.16. The van der Waals surface area contributed by atoms with Gasteiger partial charge in [-0.3, -0.25) is 15.6 Å². The lowest BCUT2D eigenvalue weighted by atomic mass is 9.80. The summed E-state index contributed by atoms with van der Waals surface area (Å²) < 4.78 is 0. The summed E-state index contributed by atoms with van der Waals surface area (Å²) in [6.45, 7) is 2.70. The Bertz CT molecular complexity index is 605. The van der Waals surface area contributed by atoms with Crippen LogP contribution in [0.5, 0.6) is 0 Å². The van der Waals surface area contributed by atoms with E-state index >= 15 is 0 Å². The highest BCUT2D eigenvalue weighted by molar-refractivity contribution is 5.76. The number of nitrogens with zero attached hydrogens (tertiary/aromatic N) is 1. The largest absolute Gasteiger partial charge is 0.369 e. The second kappa shape index (κ2) is 7.75. The monoisotopic (exact) mass is 342 g/mol. The van der Waals surface area contributed by atoms with E-state index in [0.29, 0.717) is 24.4 Å². The van der Waals surface area contributed by atoms with Gasteiger partial charge in [0.05, 0.1) is 0 Å². The van der Waals surface area contributed by atoms with Crippen LogP contribution >= 0.6 is 0 Å². The third kappa shape index (κ3) is 3.82. The lowest BCUT2D eigenvalue weighted by Crippen LogP contribution is -2.36. The smallest absolute Gasteiger partial charge is 0.220 e. The molecule has 2 aliphatic heterocycles. The molecule has 5 heteroatoms. The van der Waals surface area contributed by atoms with Gasteiger partial charge in [-0.15, -0.1) is 0 Å². The summed E-state index contributed by atoms with van der Waals surface area (Å²) >= 11 is 0. The molecule has 4 rings (SSSR count). The van der Waals surface area contributed by atoms with E-state index < -0.39 is 0 Å². The molecule has 5 nitrogen and oxygen atoms in total. The Labute approximate surface area is 150 Å². The van der Waals surface area contributed by atoms with Crippen LogP contribution in [0.15, 0.2) is 24.3 Å². The van der Waals surface area contributed by atoms with Crippen molar-refractivity contribution in [2.24, 2.45) is 5.92 Å². The van der Waals surface area contributed by atoms with E-state index in [-0.39, 0.29) is 5.91 Å². The summed E-state index contributed by atoms with van der Waals surface area (Å²) in [5, 5.41) is 3.11. The second-order valence-corrected chi connectivity index (χ2v) is 7.70. The normalized spacial score (nSPS) is 27.8. The Hall–Kier alpha value is -1.59. The summed E-state index contributed by atoms with van der Waals surface area (Å²) in [6, 6.07) is 9.67. The number of benzene rings is 1. The molecule has 0 radical (unpaired) electrons. The first kappa shape index (κ1) is 16.9. The quantitative estimate of drug-likeness (QED) is 0.740. The van der Waals surface area contributed by atoms with E-state index in [2.05, 4.69) is 45.3 Å². The van der Waals surface area contributed by atoms with Crippen LogP contribution in [0, 0.1) is 5.92 Å². The van der Waals surface area contributed by atoms with Crippen molar-refractivity contribution in [3.63, 3.8) is 0 Å². The molecular formula is C20H30N4O. The Morgan fingerprint density at radius 2 is 2.08 bits per heavy atom. The first-order valence-electron chi connectivity index (χ1n) is 9.92. The minimum atomic E-state index is 0.188. The molecule has 0 bridgehead atoms. The van der Waals surface area contributed by atoms with E-state index in [0.717, 1.165) is 32.5 Å². The SMILES string of the molecule is O=C(CCC1NNC2CCCCC21)NCCN1CCc2ccccc21. The Morgan fingerprint density at radius 3 is 3.04 bits per heavy atom. The summed E-state index contributed by atoms with van der Waals surface area (Å²) in [5.74, 6) is 0.899. The van der Waals surface area contributed by atoms with Gasteiger partial charge in [0.2, 0.25) is 5.91 Å². The molecule has 2 heterocycles. The maximum Gasteiger partial charge on any atom is 0.220 e. The predicted octanol–water partition coefficient (Wildman–Crippen LogP) is 1.98. The molecule has 1 aromatic carbocycles. The number of hydrazine groups is 1. The van der Waals surface area contributed by atoms with Crippen molar-refractivity contribution in [2.45, 2.75) is 57.0 Å². The van der Waals surface area contributed by atoms with Crippen LogP contribution < -0.4 is 21.1 Å². The number of amides is 1. The van der Waals surface area contributed by atoms with Crippen molar-refractivity contribution < 1.29 is 4.79 Å². The Kier molecular flexibility index (Phi) is 5.22. The molecule has 1 saturated carbocycles. The molecule has 3 atom stereocenters. The molecule has 136 valence electrons. The molecule has 1 aliphatic carbocycles. The van der Waals surface area contributed by atoms with Crippen molar-refractivity contribution in [3.05, 3.63) is 29.8 Å². The molecule has 3 aliphatic rings. The molecule has 1 aromatic rings. The first-order valence-corrected chi connectivity index (χ1v) is 9.92. The van der Waals surface area contributed by atoms with Crippen LogP contribution in [0.25, 0.3) is 0 Å². The maximum atomic E-state index is 12.2. The van der Waals surface area contributed by atoms with Crippen LogP contribution in [-0.2, 0) is 11.2 Å². The van der Waals surface area contributed by atoms with Gasteiger partial charge in [0, 0.05) is 43.8 Å². The van der Waals surface area contributed by atoms with Gasteiger partial charge in [0.1, 0.15) is 0 Å². The minimum Gasteiger partial charge on any atom is -0.369 e. The number of anilines is 1. The van der Waals surface area contributed by atoms with Crippen LogP contribution in [0.1, 0.15) is 44.1 Å². The molecule has 3 N–H and O–H groups in total. The molecule has 1 saturated heterocycles. The average Bonchev–Trinajstić information content (AvgIpc) is 3.24. The van der Waals surface area contributed by atoms with E-state index in [4.69, 9.17) is 0 Å². The number of nitrogens with one attached hydrogen (secondary N) is 3. The summed E-state index contributed by atoms with van der Waals surface area (Å²) in [7, 11) is 0.